The molecule has 2 aromatic carbocycles. The highest BCUT2D eigenvalue weighted by atomic mass is 16.6. The van der Waals surface area contributed by atoms with Gasteiger partial charge < -0.3 is 29.0 Å². The molecule has 0 saturated heterocycles. The van der Waals surface area contributed by atoms with E-state index in [1.165, 1.54) is 14.0 Å². The number of carbonyl (C=O) groups is 3. The van der Waals surface area contributed by atoms with Crippen molar-refractivity contribution < 1.29 is 42.6 Å². The number of ether oxygens (including phenoxy) is 5. The van der Waals surface area contributed by atoms with Crippen LogP contribution in [0.2, 0.25) is 0 Å². The van der Waals surface area contributed by atoms with E-state index in [0.29, 0.717) is 49.7 Å². The van der Waals surface area contributed by atoms with Gasteiger partial charge in [0.15, 0.2) is 18.8 Å². The second-order valence-electron chi connectivity index (χ2n) is 11.9. The summed E-state index contributed by atoms with van der Waals surface area (Å²) in [6.45, 7) is 12.8. The van der Waals surface area contributed by atoms with Crippen molar-refractivity contribution in [3.8, 4) is 11.5 Å². The molecule has 1 aliphatic rings. The number of nitrogens with zero attached hydrogens (tertiary/aromatic N) is 2. The Hall–Kier alpha value is -4.80. The van der Waals surface area contributed by atoms with Crippen LogP contribution in [0.4, 0.5) is 4.79 Å². The largest absolute Gasteiger partial charge is 0.498 e. The molecule has 4 rings (SSSR count). The predicted molar refractivity (Wildman–Crippen MR) is 174 cm³/mol. The fraction of sp³-hybridized carbons (Fsp3) is 0.429. The number of methoxy groups -OCH3 is 2. The molecule has 1 amide bonds. The van der Waals surface area contributed by atoms with Crippen molar-refractivity contribution in [2.75, 3.05) is 40.5 Å². The minimum atomic E-state index is -0.648. The van der Waals surface area contributed by atoms with E-state index in [0.717, 1.165) is 39.1 Å². The van der Waals surface area contributed by atoms with Crippen molar-refractivity contribution in [2.45, 2.75) is 60.1 Å². The SMILES string of the molecule is CCOC1=CC[N+](Cc2c(OC)cc(C)c3c2ccn3C(=O)OC(C)(C)C)=C(c2ccc(C(=O)OC)cc2OCCNC(C)=O)C1. The summed E-state index contributed by atoms with van der Waals surface area (Å²) in [5.41, 5.74) is 3.91. The summed E-state index contributed by atoms with van der Waals surface area (Å²) in [6.07, 6.45) is 3.80. The molecule has 11 nitrogen and oxygen atoms in total. The summed E-state index contributed by atoms with van der Waals surface area (Å²) in [4.78, 5) is 37.0. The number of aromatic nitrogens is 1. The Morgan fingerprint density at radius 1 is 1.04 bits per heavy atom. The molecule has 0 saturated carbocycles. The van der Waals surface area contributed by atoms with Gasteiger partial charge in [0.2, 0.25) is 5.91 Å². The second kappa shape index (κ2) is 14.5. The van der Waals surface area contributed by atoms with Crippen molar-refractivity contribution in [2.24, 2.45) is 0 Å². The second-order valence-corrected chi connectivity index (χ2v) is 11.9. The zero-order chi connectivity index (χ0) is 33.6. The monoisotopic (exact) mass is 634 g/mol. The first kappa shape index (κ1) is 34.1. The highest BCUT2D eigenvalue weighted by Gasteiger charge is 2.30. The van der Waals surface area contributed by atoms with Crippen molar-refractivity contribution >= 4 is 34.6 Å². The summed E-state index contributed by atoms with van der Waals surface area (Å²) in [7, 11) is 2.96. The average Bonchev–Trinajstić information content (AvgIpc) is 3.46. The number of rotatable bonds is 11. The lowest BCUT2D eigenvalue weighted by Crippen LogP contribution is -2.29. The Balaban J connectivity index is 1.85. The molecule has 3 aromatic rings. The minimum Gasteiger partial charge on any atom is -0.498 e. The maximum absolute atomic E-state index is 13.2. The zero-order valence-electron chi connectivity index (χ0n) is 27.9. The number of amides is 1. The maximum atomic E-state index is 13.2. The van der Waals surface area contributed by atoms with Crippen LogP contribution in [0.3, 0.4) is 0 Å². The van der Waals surface area contributed by atoms with Gasteiger partial charge in [-0.05, 0) is 70.5 Å². The number of allylic oxidation sites excluding steroid dienone is 1. The van der Waals surface area contributed by atoms with Crippen LogP contribution in [0.25, 0.3) is 10.9 Å². The molecule has 2 heterocycles. The number of aryl methyl sites for hydroxylation is 1. The molecule has 46 heavy (non-hydrogen) atoms. The Morgan fingerprint density at radius 3 is 2.46 bits per heavy atom. The third-order valence-corrected chi connectivity index (χ3v) is 7.43. The van der Waals surface area contributed by atoms with E-state index in [1.54, 1.807) is 30.0 Å². The van der Waals surface area contributed by atoms with Gasteiger partial charge in [-0.25, -0.2) is 14.2 Å². The lowest BCUT2D eigenvalue weighted by atomic mass is 9.99. The summed E-state index contributed by atoms with van der Waals surface area (Å²) >= 11 is 0. The molecule has 1 aromatic heterocycles. The molecule has 1 N–H and O–H groups in total. The Kier molecular flexibility index (Phi) is 10.8. The smallest absolute Gasteiger partial charge is 0.419 e. The van der Waals surface area contributed by atoms with Crippen molar-refractivity contribution in [1.29, 1.82) is 0 Å². The number of fused-ring (bicyclic) bond motifs is 1. The zero-order valence-corrected chi connectivity index (χ0v) is 27.9. The van der Waals surface area contributed by atoms with E-state index in [2.05, 4.69) is 16.0 Å². The molecule has 0 aliphatic carbocycles. The van der Waals surface area contributed by atoms with Crippen LogP contribution in [0.1, 0.15) is 68.1 Å². The Bertz CT molecular complexity index is 1690. The topological polar surface area (TPSA) is 117 Å². The fourth-order valence-electron chi connectivity index (χ4n) is 5.47. The van der Waals surface area contributed by atoms with Gasteiger partial charge in [0.05, 0.1) is 56.0 Å². The normalized spacial score (nSPS) is 13.3. The number of hydrogen-bond acceptors (Lipinski definition) is 8. The van der Waals surface area contributed by atoms with Crippen LogP contribution in [0.5, 0.6) is 11.5 Å². The van der Waals surface area contributed by atoms with Crippen molar-refractivity contribution in [3.05, 3.63) is 70.6 Å². The van der Waals surface area contributed by atoms with Gasteiger partial charge in [-0.2, -0.15) is 0 Å². The van der Waals surface area contributed by atoms with E-state index in [-0.39, 0.29) is 12.5 Å². The quantitative estimate of drug-likeness (QED) is 0.170. The minimum absolute atomic E-state index is 0.162. The summed E-state index contributed by atoms with van der Waals surface area (Å²) in [5.74, 6) is 1.35. The summed E-state index contributed by atoms with van der Waals surface area (Å²) in [5, 5.41) is 3.60. The van der Waals surface area contributed by atoms with Crippen LogP contribution in [-0.2, 0) is 25.5 Å². The average molecular weight is 635 g/mol. The Morgan fingerprint density at radius 2 is 1.80 bits per heavy atom. The van der Waals surface area contributed by atoms with Gasteiger partial charge in [-0.3, -0.25) is 9.36 Å². The van der Waals surface area contributed by atoms with Crippen LogP contribution in [0.15, 0.2) is 48.4 Å². The molecule has 0 fully saturated rings. The first-order valence-corrected chi connectivity index (χ1v) is 15.3. The van der Waals surface area contributed by atoms with E-state index in [4.69, 9.17) is 23.7 Å². The third-order valence-electron chi connectivity index (χ3n) is 7.43. The molecular formula is C35H44N3O8+. The highest BCUT2D eigenvalue weighted by molar-refractivity contribution is 6.02. The summed E-state index contributed by atoms with van der Waals surface area (Å²) in [6, 6.07) is 9.06. The number of benzene rings is 2. The summed E-state index contributed by atoms with van der Waals surface area (Å²) < 4.78 is 32.4. The third kappa shape index (κ3) is 7.88. The Labute approximate surface area is 269 Å². The molecule has 0 bridgehead atoms. The van der Waals surface area contributed by atoms with E-state index in [1.807, 2.05) is 52.8 Å². The molecule has 0 spiro atoms. The predicted octanol–water partition coefficient (Wildman–Crippen LogP) is 5.37. The van der Waals surface area contributed by atoms with Gasteiger partial charge in [-0.1, -0.05) is 0 Å². The first-order chi connectivity index (χ1) is 21.9. The van der Waals surface area contributed by atoms with Crippen molar-refractivity contribution in [3.63, 3.8) is 0 Å². The lowest BCUT2D eigenvalue weighted by Gasteiger charge is -2.21. The molecular weight excluding hydrogens is 590 g/mol. The molecule has 11 heteroatoms. The van der Waals surface area contributed by atoms with Crippen LogP contribution in [0, 0.1) is 6.92 Å². The van der Waals surface area contributed by atoms with Crippen LogP contribution >= 0.6 is 0 Å². The number of esters is 1. The molecule has 0 atom stereocenters. The van der Waals surface area contributed by atoms with E-state index < -0.39 is 17.7 Å². The lowest BCUT2D eigenvalue weighted by molar-refractivity contribution is -0.536. The number of carbonyl (C=O) groups excluding carboxylic acids is 3. The number of hydrogen-bond donors (Lipinski definition) is 1. The first-order valence-electron chi connectivity index (χ1n) is 15.3. The fourth-order valence-corrected chi connectivity index (χ4v) is 5.47. The van der Waals surface area contributed by atoms with E-state index >= 15 is 0 Å². The molecule has 1 aliphatic heterocycles. The van der Waals surface area contributed by atoms with Crippen LogP contribution in [-0.4, -0.2) is 78.9 Å². The van der Waals surface area contributed by atoms with Gasteiger partial charge >= 0.3 is 12.1 Å². The maximum Gasteiger partial charge on any atom is 0.419 e. The standard InChI is InChI=1S/C35H43N3O8/c1-9-44-25-12-15-37(29(20-25)27-11-10-24(33(40)43-8)19-31(27)45-17-14-36-23(3)39)21-28-26-13-16-38(34(41)46-35(4,5)6)32(26)22(2)18-30(28)42-7/h10-13,16,18-19H,9,14-15,17,20-21H2,1-8H3/p+1. The van der Waals surface area contributed by atoms with Crippen molar-refractivity contribution in [1.82, 2.24) is 9.88 Å². The molecule has 246 valence electrons. The van der Waals surface area contributed by atoms with E-state index in [9.17, 15) is 14.4 Å². The van der Waals surface area contributed by atoms with Gasteiger partial charge in [0.1, 0.15) is 29.5 Å². The van der Waals surface area contributed by atoms with Crippen LogP contribution < -0.4 is 14.8 Å². The van der Waals surface area contributed by atoms with Gasteiger partial charge in [0, 0.05) is 24.6 Å². The molecule has 0 radical (unpaired) electrons. The highest BCUT2D eigenvalue weighted by Crippen LogP contribution is 2.34. The van der Waals surface area contributed by atoms with Gasteiger partial charge in [0.25, 0.3) is 0 Å². The number of nitrogens with one attached hydrogen (secondary N) is 1. The molecule has 0 unspecified atom stereocenters. The van der Waals surface area contributed by atoms with Gasteiger partial charge in [-0.15, -0.1) is 0 Å².